The molecule has 0 saturated heterocycles. The quantitative estimate of drug-likeness (QED) is 0.874. The van der Waals surface area contributed by atoms with Gasteiger partial charge in [-0.25, -0.2) is 0 Å². The molecule has 24 heavy (non-hydrogen) atoms. The molecule has 3 rings (SSSR count). The number of fused-ring (bicyclic) bond motifs is 1. The Labute approximate surface area is 138 Å². The minimum absolute atomic E-state index is 0.128. The smallest absolute Gasteiger partial charge is 0.251 e. The van der Waals surface area contributed by atoms with E-state index < -0.39 is 0 Å². The number of nitrogens with one attached hydrogen (secondary N) is 2. The van der Waals surface area contributed by atoms with Crippen LogP contribution in [0.2, 0.25) is 0 Å². The average molecular weight is 330 g/mol. The molecule has 0 saturated carbocycles. The van der Waals surface area contributed by atoms with Crippen LogP contribution in [0.15, 0.2) is 34.7 Å². The number of aryl methyl sites for hydroxylation is 1. The molecule has 2 amide bonds. The third kappa shape index (κ3) is 3.51. The molecule has 1 aromatic carbocycles. The fraction of sp³-hybridized carbons (Fsp3) is 0.294. The van der Waals surface area contributed by atoms with Crippen molar-refractivity contribution in [3.8, 4) is 11.5 Å². The second-order valence-corrected chi connectivity index (χ2v) is 5.49. The molecule has 7 heteroatoms. The topological polar surface area (TPSA) is 89.8 Å². The van der Waals surface area contributed by atoms with Crippen molar-refractivity contribution in [2.24, 2.45) is 0 Å². The Bertz CT molecular complexity index is 768. The van der Waals surface area contributed by atoms with Gasteiger partial charge in [0.15, 0.2) is 11.5 Å². The molecule has 1 aromatic heterocycles. The maximum atomic E-state index is 12.1. The minimum atomic E-state index is -0.357. The predicted molar refractivity (Wildman–Crippen MR) is 84.9 cm³/mol. The first-order valence-corrected chi connectivity index (χ1v) is 7.56. The summed E-state index contributed by atoms with van der Waals surface area (Å²) in [6.45, 7) is 3.67. The lowest BCUT2D eigenvalue weighted by Crippen LogP contribution is -2.37. The number of ether oxygens (including phenoxy) is 2. The number of benzene rings is 1. The van der Waals surface area contributed by atoms with Crippen molar-refractivity contribution in [1.82, 2.24) is 10.6 Å². The van der Waals surface area contributed by atoms with Gasteiger partial charge in [0, 0.05) is 5.56 Å². The van der Waals surface area contributed by atoms with Crippen molar-refractivity contribution in [3.63, 3.8) is 0 Å². The number of hydrogen-bond donors (Lipinski definition) is 2. The molecule has 7 nitrogen and oxygen atoms in total. The Morgan fingerprint density at radius 3 is 2.71 bits per heavy atom. The lowest BCUT2D eigenvalue weighted by Gasteiger charge is -2.12. The fourth-order valence-corrected chi connectivity index (χ4v) is 2.35. The van der Waals surface area contributed by atoms with Crippen LogP contribution in [0.5, 0.6) is 11.5 Å². The molecule has 1 atom stereocenters. The zero-order valence-electron chi connectivity index (χ0n) is 13.4. The van der Waals surface area contributed by atoms with E-state index in [0.717, 1.165) is 5.76 Å². The van der Waals surface area contributed by atoms with Gasteiger partial charge in [-0.3, -0.25) is 9.59 Å². The second kappa shape index (κ2) is 6.66. The van der Waals surface area contributed by atoms with Gasteiger partial charge >= 0.3 is 0 Å². The summed E-state index contributed by atoms with van der Waals surface area (Å²) in [5.74, 6) is 1.92. The van der Waals surface area contributed by atoms with Gasteiger partial charge in [-0.15, -0.1) is 0 Å². The van der Waals surface area contributed by atoms with E-state index in [4.69, 9.17) is 13.9 Å². The molecule has 2 heterocycles. The SMILES string of the molecule is Cc1ccc(C(C)NC(=O)CNC(=O)c2ccc3c(c2)OCO3)o1. The highest BCUT2D eigenvalue weighted by atomic mass is 16.7. The van der Waals surface area contributed by atoms with Crippen molar-refractivity contribution in [3.05, 3.63) is 47.4 Å². The lowest BCUT2D eigenvalue weighted by molar-refractivity contribution is -0.120. The van der Waals surface area contributed by atoms with E-state index in [2.05, 4.69) is 10.6 Å². The van der Waals surface area contributed by atoms with Crippen LogP contribution in [0, 0.1) is 6.92 Å². The lowest BCUT2D eigenvalue weighted by atomic mass is 10.2. The third-order valence-electron chi connectivity index (χ3n) is 3.61. The van der Waals surface area contributed by atoms with Gasteiger partial charge < -0.3 is 24.5 Å². The number of furan rings is 1. The molecule has 2 N–H and O–H groups in total. The first-order chi connectivity index (χ1) is 11.5. The third-order valence-corrected chi connectivity index (χ3v) is 3.61. The Hall–Kier alpha value is -2.96. The van der Waals surface area contributed by atoms with E-state index >= 15 is 0 Å². The van der Waals surface area contributed by atoms with Crippen LogP contribution in [0.1, 0.15) is 34.8 Å². The number of amides is 2. The van der Waals surface area contributed by atoms with E-state index in [1.54, 1.807) is 18.2 Å². The molecule has 126 valence electrons. The average Bonchev–Trinajstić information content (AvgIpc) is 3.20. The Morgan fingerprint density at radius 1 is 1.17 bits per heavy atom. The van der Waals surface area contributed by atoms with Gasteiger partial charge in [0.05, 0.1) is 12.6 Å². The van der Waals surface area contributed by atoms with Gasteiger partial charge in [-0.05, 0) is 44.2 Å². The van der Waals surface area contributed by atoms with Crippen LogP contribution in [0.3, 0.4) is 0 Å². The van der Waals surface area contributed by atoms with Crippen molar-refractivity contribution in [2.45, 2.75) is 19.9 Å². The van der Waals surface area contributed by atoms with Crippen LogP contribution in [0.25, 0.3) is 0 Å². The van der Waals surface area contributed by atoms with Crippen molar-refractivity contribution in [1.29, 1.82) is 0 Å². The molecule has 2 aromatic rings. The Morgan fingerprint density at radius 2 is 1.96 bits per heavy atom. The maximum Gasteiger partial charge on any atom is 0.251 e. The Balaban J connectivity index is 1.51. The van der Waals surface area contributed by atoms with Crippen LogP contribution >= 0.6 is 0 Å². The maximum absolute atomic E-state index is 12.1. The first-order valence-electron chi connectivity index (χ1n) is 7.56. The molecule has 0 bridgehead atoms. The van der Waals surface area contributed by atoms with Gasteiger partial charge in [-0.1, -0.05) is 0 Å². The largest absolute Gasteiger partial charge is 0.464 e. The van der Waals surface area contributed by atoms with Gasteiger partial charge in [0.2, 0.25) is 12.7 Å². The fourth-order valence-electron chi connectivity index (χ4n) is 2.35. The van der Waals surface area contributed by atoms with E-state index in [1.807, 2.05) is 26.0 Å². The number of hydrogen-bond acceptors (Lipinski definition) is 5. The molecule has 1 unspecified atom stereocenters. The summed E-state index contributed by atoms with van der Waals surface area (Å²) in [5, 5.41) is 5.34. The van der Waals surface area contributed by atoms with E-state index in [0.29, 0.717) is 22.8 Å². The van der Waals surface area contributed by atoms with Crippen LogP contribution in [0.4, 0.5) is 0 Å². The van der Waals surface area contributed by atoms with Crippen LogP contribution in [-0.4, -0.2) is 25.2 Å². The minimum Gasteiger partial charge on any atom is -0.464 e. The normalized spacial score (nSPS) is 13.4. The molecule has 0 aliphatic carbocycles. The molecule has 0 fully saturated rings. The number of rotatable bonds is 5. The molecular weight excluding hydrogens is 312 g/mol. The standard InChI is InChI=1S/C17H18N2O5/c1-10-3-5-13(24-10)11(2)19-16(20)8-18-17(21)12-4-6-14-15(7-12)23-9-22-14/h3-7,11H,8-9H2,1-2H3,(H,18,21)(H,19,20). The van der Waals surface area contributed by atoms with Crippen molar-refractivity contribution >= 4 is 11.8 Å². The van der Waals surface area contributed by atoms with Crippen LogP contribution in [-0.2, 0) is 4.79 Å². The summed E-state index contributed by atoms with van der Waals surface area (Å²) in [5.41, 5.74) is 0.404. The molecule has 1 aliphatic rings. The number of carbonyl (C=O) groups is 2. The van der Waals surface area contributed by atoms with Crippen molar-refractivity contribution < 1.29 is 23.5 Å². The van der Waals surface area contributed by atoms with E-state index in [-0.39, 0.29) is 31.2 Å². The highest BCUT2D eigenvalue weighted by Crippen LogP contribution is 2.32. The zero-order valence-corrected chi connectivity index (χ0v) is 13.4. The Kier molecular flexibility index (Phi) is 4.41. The summed E-state index contributed by atoms with van der Waals surface area (Å²) in [6.07, 6.45) is 0. The monoisotopic (exact) mass is 330 g/mol. The molecule has 0 spiro atoms. The van der Waals surface area contributed by atoms with Crippen molar-refractivity contribution in [2.75, 3.05) is 13.3 Å². The zero-order chi connectivity index (χ0) is 17.1. The van der Waals surface area contributed by atoms with E-state index in [9.17, 15) is 9.59 Å². The summed E-state index contributed by atoms with van der Waals surface area (Å²) in [4.78, 5) is 24.0. The highest BCUT2D eigenvalue weighted by molar-refractivity contribution is 5.97. The first kappa shape index (κ1) is 15.9. The van der Waals surface area contributed by atoms with Gasteiger partial charge in [-0.2, -0.15) is 0 Å². The molecule has 0 radical (unpaired) electrons. The van der Waals surface area contributed by atoms with Gasteiger partial charge in [0.25, 0.3) is 5.91 Å². The summed E-state index contributed by atoms with van der Waals surface area (Å²) in [6, 6.07) is 8.25. The molecular formula is C17H18N2O5. The highest BCUT2D eigenvalue weighted by Gasteiger charge is 2.17. The van der Waals surface area contributed by atoms with E-state index in [1.165, 1.54) is 0 Å². The summed E-state index contributed by atoms with van der Waals surface area (Å²) in [7, 11) is 0. The second-order valence-electron chi connectivity index (χ2n) is 5.49. The number of carbonyl (C=O) groups excluding carboxylic acids is 2. The van der Waals surface area contributed by atoms with Crippen LogP contribution < -0.4 is 20.1 Å². The van der Waals surface area contributed by atoms with Gasteiger partial charge in [0.1, 0.15) is 11.5 Å². The summed E-state index contributed by atoms with van der Waals surface area (Å²) < 4.78 is 15.9. The predicted octanol–water partition coefficient (Wildman–Crippen LogP) is 1.92. The summed E-state index contributed by atoms with van der Waals surface area (Å²) >= 11 is 0. The molecule has 1 aliphatic heterocycles.